The van der Waals surface area contributed by atoms with Gasteiger partial charge in [0.25, 0.3) is 0 Å². The summed E-state index contributed by atoms with van der Waals surface area (Å²) >= 11 is 3.62. The predicted molar refractivity (Wildman–Crippen MR) is 86.3 cm³/mol. The second-order valence-corrected chi connectivity index (χ2v) is 5.47. The Bertz CT molecular complexity index is 580. The minimum absolute atomic E-state index is 0.481. The summed E-state index contributed by atoms with van der Waals surface area (Å²) in [5.74, 6) is 0.767. The predicted octanol–water partition coefficient (Wildman–Crippen LogP) is 2.92. The third-order valence-corrected chi connectivity index (χ3v) is 4.14. The summed E-state index contributed by atoms with van der Waals surface area (Å²) in [6.07, 6.45) is 2.66. The maximum Gasteiger partial charge on any atom is 0.138 e. The molecule has 1 N–H and O–H groups in total. The first-order valence-corrected chi connectivity index (χ1v) is 7.95. The van der Waals surface area contributed by atoms with Gasteiger partial charge in [0.1, 0.15) is 12.4 Å². The molecule has 21 heavy (non-hydrogen) atoms. The lowest BCUT2D eigenvalue weighted by Gasteiger charge is -2.08. The van der Waals surface area contributed by atoms with Gasteiger partial charge in [-0.25, -0.2) is 0 Å². The number of halogens is 1. The van der Waals surface area contributed by atoms with Crippen molar-refractivity contribution in [3.63, 3.8) is 0 Å². The number of hydrogen-bond acceptors (Lipinski definition) is 4. The molecule has 0 saturated carbocycles. The minimum Gasteiger partial charge on any atom is -0.486 e. The van der Waals surface area contributed by atoms with Gasteiger partial charge in [0, 0.05) is 13.1 Å². The first-order chi connectivity index (χ1) is 10.2. The summed E-state index contributed by atoms with van der Waals surface area (Å²) in [7, 11) is 1.90. The van der Waals surface area contributed by atoms with E-state index >= 15 is 0 Å². The molecule has 0 fully saturated rings. The highest BCUT2D eigenvalue weighted by atomic mass is 79.9. The summed E-state index contributed by atoms with van der Waals surface area (Å²) in [4.78, 5) is 4.35. The third kappa shape index (κ3) is 3.83. The SMILES string of the molecule is CCc1nn(CC)c(COc2ccc(CNC)nc2)c1Br. The molecule has 0 radical (unpaired) electrons. The molecule has 6 heteroatoms. The monoisotopic (exact) mass is 352 g/mol. The molecule has 0 unspecified atom stereocenters. The number of hydrogen-bond donors (Lipinski definition) is 1. The van der Waals surface area contributed by atoms with Crippen LogP contribution in [0.1, 0.15) is 30.9 Å². The van der Waals surface area contributed by atoms with Crippen LogP contribution in [-0.4, -0.2) is 21.8 Å². The molecule has 0 spiro atoms. The lowest BCUT2D eigenvalue weighted by Crippen LogP contribution is -2.08. The van der Waals surface area contributed by atoms with Crippen LogP contribution < -0.4 is 10.1 Å². The minimum atomic E-state index is 0.481. The number of nitrogens with one attached hydrogen (secondary N) is 1. The molecule has 114 valence electrons. The number of pyridine rings is 1. The molecular weight excluding hydrogens is 332 g/mol. The molecule has 0 saturated heterocycles. The summed E-state index contributed by atoms with van der Waals surface area (Å²) < 4.78 is 8.86. The van der Waals surface area contributed by atoms with E-state index in [1.807, 2.05) is 23.9 Å². The van der Waals surface area contributed by atoms with Crippen LogP contribution in [0, 0.1) is 0 Å². The quantitative estimate of drug-likeness (QED) is 0.832. The molecular formula is C15H21BrN4O. The summed E-state index contributed by atoms with van der Waals surface area (Å²) in [6.45, 7) is 6.25. The molecule has 5 nitrogen and oxygen atoms in total. The zero-order chi connectivity index (χ0) is 15.2. The first kappa shape index (κ1) is 16.0. The number of rotatable bonds is 7. The Balaban J connectivity index is 2.07. The first-order valence-electron chi connectivity index (χ1n) is 7.15. The van der Waals surface area contributed by atoms with Gasteiger partial charge in [0.2, 0.25) is 0 Å². The topological polar surface area (TPSA) is 52.0 Å². The molecule has 2 aromatic rings. The van der Waals surface area contributed by atoms with Crippen molar-refractivity contribution in [3.05, 3.63) is 39.9 Å². The van der Waals surface area contributed by atoms with Crippen LogP contribution in [0.4, 0.5) is 0 Å². The van der Waals surface area contributed by atoms with E-state index in [1.54, 1.807) is 6.20 Å². The van der Waals surface area contributed by atoms with Crippen LogP contribution in [0.15, 0.2) is 22.8 Å². The van der Waals surface area contributed by atoms with Gasteiger partial charge in [0.15, 0.2) is 0 Å². The van der Waals surface area contributed by atoms with Crippen molar-refractivity contribution in [2.75, 3.05) is 7.05 Å². The van der Waals surface area contributed by atoms with Crippen molar-refractivity contribution in [3.8, 4) is 5.75 Å². The van der Waals surface area contributed by atoms with Crippen molar-refractivity contribution in [1.29, 1.82) is 0 Å². The highest BCUT2D eigenvalue weighted by Gasteiger charge is 2.14. The molecule has 0 aliphatic rings. The van der Waals surface area contributed by atoms with Crippen molar-refractivity contribution < 1.29 is 4.74 Å². The average Bonchev–Trinajstić information content (AvgIpc) is 2.82. The fourth-order valence-corrected chi connectivity index (χ4v) is 2.77. The zero-order valence-corrected chi connectivity index (χ0v) is 14.3. The van der Waals surface area contributed by atoms with E-state index in [1.165, 1.54) is 0 Å². The van der Waals surface area contributed by atoms with E-state index in [0.717, 1.165) is 46.8 Å². The lowest BCUT2D eigenvalue weighted by molar-refractivity contribution is 0.290. The van der Waals surface area contributed by atoms with Gasteiger partial charge in [-0.3, -0.25) is 9.67 Å². The summed E-state index contributed by atoms with van der Waals surface area (Å²) in [5.41, 5.74) is 3.13. The van der Waals surface area contributed by atoms with Crippen molar-refractivity contribution in [2.24, 2.45) is 0 Å². The van der Waals surface area contributed by atoms with E-state index < -0.39 is 0 Å². The summed E-state index contributed by atoms with van der Waals surface area (Å²) in [5, 5.41) is 7.64. The second kappa shape index (κ2) is 7.56. The van der Waals surface area contributed by atoms with E-state index in [2.05, 4.69) is 45.2 Å². The Morgan fingerprint density at radius 1 is 1.33 bits per heavy atom. The van der Waals surface area contributed by atoms with Crippen molar-refractivity contribution in [1.82, 2.24) is 20.1 Å². The number of nitrogens with zero attached hydrogens (tertiary/aromatic N) is 3. The van der Waals surface area contributed by atoms with Crippen molar-refractivity contribution >= 4 is 15.9 Å². The maximum absolute atomic E-state index is 5.83. The van der Waals surface area contributed by atoms with Crippen LogP contribution in [0.3, 0.4) is 0 Å². The fraction of sp³-hybridized carbons (Fsp3) is 0.467. The summed E-state index contributed by atoms with van der Waals surface area (Å²) in [6, 6.07) is 3.91. The van der Waals surface area contributed by atoms with Crippen LogP contribution in [0.5, 0.6) is 5.75 Å². The molecule has 0 aromatic carbocycles. The van der Waals surface area contributed by atoms with Crippen LogP contribution >= 0.6 is 15.9 Å². The molecule has 2 aromatic heterocycles. The molecule has 0 amide bonds. The zero-order valence-electron chi connectivity index (χ0n) is 12.7. The smallest absolute Gasteiger partial charge is 0.138 e. The number of ether oxygens (including phenoxy) is 1. The molecule has 0 aliphatic heterocycles. The van der Waals surface area contributed by atoms with Gasteiger partial charge in [-0.15, -0.1) is 0 Å². The Morgan fingerprint density at radius 2 is 2.14 bits per heavy atom. The Kier molecular flexibility index (Phi) is 5.76. The van der Waals surface area contributed by atoms with Gasteiger partial charge in [-0.2, -0.15) is 5.10 Å². The highest BCUT2D eigenvalue weighted by Crippen LogP contribution is 2.23. The van der Waals surface area contributed by atoms with Crippen LogP contribution in [0.2, 0.25) is 0 Å². The molecule has 0 atom stereocenters. The standard InChI is InChI=1S/C15H21BrN4O/c1-4-13-15(16)14(20(5-2)19-13)10-21-12-7-6-11(8-17-3)18-9-12/h6-7,9,17H,4-5,8,10H2,1-3H3. The maximum atomic E-state index is 5.83. The Hall–Kier alpha value is -1.40. The lowest BCUT2D eigenvalue weighted by atomic mass is 10.3. The van der Waals surface area contributed by atoms with Crippen molar-refractivity contribution in [2.45, 2.75) is 40.0 Å². The molecule has 2 heterocycles. The second-order valence-electron chi connectivity index (χ2n) is 4.68. The molecule has 0 aliphatic carbocycles. The van der Waals surface area contributed by atoms with Gasteiger partial charge in [-0.1, -0.05) is 6.92 Å². The van der Waals surface area contributed by atoms with Gasteiger partial charge in [0.05, 0.1) is 27.8 Å². The third-order valence-electron chi connectivity index (χ3n) is 3.23. The fourth-order valence-electron chi connectivity index (χ4n) is 2.09. The molecule has 0 bridgehead atoms. The highest BCUT2D eigenvalue weighted by molar-refractivity contribution is 9.10. The van der Waals surface area contributed by atoms with Gasteiger partial charge >= 0.3 is 0 Å². The average molecular weight is 353 g/mol. The van der Waals surface area contributed by atoms with E-state index in [-0.39, 0.29) is 0 Å². The van der Waals surface area contributed by atoms with Crippen LogP contribution in [-0.2, 0) is 26.1 Å². The van der Waals surface area contributed by atoms with Gasteiger partial charge in [-0.05, 0) is 48.5 Å². The Morgan fingerprint density at radius 3 is 2.71 bits per heavy atom. The van der Waals surface area contributed by atoms with Gasteiger partial charge < -0.3 is 10.1 Å². The number of aryl methyl sites for hydroxylation is 2. The van der Waals surface area contributed by atoms with E-state index in [4.69, 9.17) is 4.74 Å². The largest absolute Gasteiger partial charge is 0.486 e. The Labute approximate surface area is 133 Å². The number of aromatic nitrogens is 3. The molecule has 2 rings (SSSR count). The van der Waals surface area contributed by atoms with Crippen LogP contribution in [0.25, 0.3) is 0 Å². The van der Waals surface area contributed by atoms with E-state index in [0.29, 0.717) is 6.61 Å². The van der Waals surface area contributed by atoms with E-state index in [9.17, 15) is 0 Å². The normalized spacial score (nSPS) is 10.9.